The Morgan fingerprint density at radius 2 is 1.77 bits per heavy atom. The molecule has 4 heteroatoms. The zero-order valence-electron chi connectivity index (χ0n) is 15.7. The normalized spacial score (nSPS) is 16.2. The van der Waals surface area contributed by atoms with Gasteiger partial charge >= 0.3 is 0 Å². The van der Waals surface area contributed by atoms with Crippen LogP contribution < -0.4 is 4.74 Å². The zero-order valence-corrected chi connectivity index (χ0v) is 15.7. The van der Waals surface area contributed by atoms with E-state index in [-0.39, 0.29) is 0 Å². The molecule has 3 aromatic rings. The average molecular weight is 349 g/mol. The standard InChI is InChI=1S/C22H27N3O/c1-3-26-21-11-7-4-8-18(21)17-12-14-25(15-13-17)16-22-23-19-9-5-6-10-20(19)24(22)2/h4-11,17H,3,12-16H2,1-2H3. The van der Waals surface area contributed by atoms with Crippen molar-refractivity contribution in [3.05, 3.63) is 59.9 Å². The molecule has 1 saturated heterocycles. The number of hydrogen-bond acceptors (Lipinski definition) is 3. The summed E-state index contributed by atoms with van der Waals surface area (Å²) in [4.78, 5) is 7.35. The molecule has 1 fully saturated rings. The summed E-state index contributed by atoms with van der Waals surface area (Å²) in [5.74, 6) is 2.80. The molecule has 0 atom stereocenters. The Labute approximate surface area is 155 Å². The van der Waals surface area contributed by atoms with E-state index in [1.54, 1.807) is 0 Å². The first-order valence-corrected chi connectivity index (χ1v) is 9.60. The number of fused-ring (bicyclic) bond motifs is 1. The minimum absolute atomic E-state index is 0.592. The third-order valence-electron chi connectivity index (χ3n) is 5.49. The van der Waals surface area contributed by atoms with Crippen molar-refractivity contribution in [2.45, 2.75) is 32.2 Å². The van der Waals surface area contributed by atoms with E-state index in [1.807, 2.05) is 0 Å². The fourth-order valence-electron chi connectivity index (χ4n) is 4.04. The summed E-state index contributed by atoms with van der Waals surface area (Å²) in [6.45, 7) is 5.91. The highest BCUT2D eigenvalue weighted by Gasteiger charge is 2.24. The van der Waals surface area contributed by atoms with Crippen molar-refractivity contribution in [3.8, 4) is 5.75 Å². The van der Waals surface area contributed by atoms with Gasteiger partial charge in [0.05, 0.1) is 24.2 Å². The van der Waals surface area contributed by atoms with E-state index in [0.717, 1.165) is 43.3 Å². The fourth-order valence-corrected chi connectivity index (χ4v) is 4.04. The second-order valence-electron chi connectivity index (χ2n) is 7.10. The summed E-state index contributed by atoms with van der Waals surface area (Å²) in [7, 11) is 2.12. The first-order valence-electron chi connectivity index (χ1n) is 9.60. The topological polar surface area (TPSA) is 30.3 Å². The number of aryl methyl sites for hydroxylation is 1. The van der Waals surface area contributed by atoms with Crippen LogP contribution in [0.4, 0.5) is 0 Å². The lowest BCUT2D eigenvalue weighted by Crippen LogP contribution is -2.33. The maximum atomic E-state index is 5.84. The Bertz CT molecular complexity index is 878. The highest BCUT2D eigenvalue weighted by Crippen LogP contribution is 2.34. The predicted octanol–water partition coefficient (Wildman–Crippen LogP) is 4.35. The van der Waals surface area contributed by atoms with Gasteiger partial charge in [-0.15, -0.1) is 0 Å². The lowest BCUT2D eigenvalue weighted by Gasteiger charge is -2.32. The molecule has 2 aromatic carbocycles. The van der Waals surface area contributed by atoms with Gasteiger partial charge in [-0.25, -0.2) is 4.98 Å². The number of hydrogen-bond donors (Lipinski definition) is 0. The largest absolute Gasteiger partial charge is 0.494 e. The Hall–Kier alpha value is -2.33. The molecular weight excluding hydrogens is 322 g/mol. The molecule has 0 amide bonds. The van der Waals surface area contributed by atoms with E-state index in [4.69, 9.17) is 9.72 Å². The number of imidazole rings is 1. The van der Waals surface area contributed by atoms with Gasteiger partial charge in [0.1, 0.15) is 11.6 Å². The third-order valence-corrected chi connectivity index (χ3v) is 5.49. The highest BCUT2D eigenvalue weighted by atomic mass is 16.5. The molecule has 0 bridgehead atoms. The van der Waals surface area contributed by atoms with Gasteiger partial charge in [-0.3, -0.25) is 4.90 Å². The average Bonchev–Trinajstić information content (AvgIpc) is 2.99. The molecule has 0 aliphatic carbocycles. The van der Waals surface area contributed by atoms with Crippen LogP contribution in [0, 0.1) is 0 Å². The SMILES string of the molecule is CCOc1ccccc1C1CCN(Cc2nc3ccccc3n2C)CC1. The number of likely N-dealkylation sites (tertiary alicyclic amines) is 1. The highest BCUT2D eigenvalue weighted by molar-refractivity contribution is 5.75. The molecule has 136 valence electrons. The summed E-state index contributed by atoms with van der Waals surface area (Å²) in [5, 5.41) is 0. The van der Waals surface area contributed by atoms with Crippen LogP contribution in [0.15, 0.2) is 48.5 Å². The number of benzene rings is 2. The smallest absolute Gasteiger partial charge is 0.123 e. The van der Waals surface area contributed by atoms with Crippen molar-refractivity contribution in [2.24, 2.45) is 7.05 Å². The molecule has 0 radical (unpaired) electrons. The van der Waals surface area contributed by atoms with Gasteiger partial charge in [0, 0.05) is 7.05 Å². The predicted molar refractivity (Wildman–Crippen MR) is 106 cm³/mol. The summed E-state index contributed by atoms with van der Waals surface area (Å²) >= 11 is 0. The van der Waals surface area contributed by atoms with Crippen molar-refractivity contribution >= 4 is 11.0 Å². The molecule has 0 unspecified atom stereocenters. The van der Waals surface area contributed by atoms with Crippen molar-refractivity contribution in [3.63, 3.8) is 0 Å². The first kappa shape index (κ1) is 17.1. The van der Waals surface area contributed by atoms with Crippen molar-refractivity contribution in [1.82, 2.24) is 14.5 Å². The molecule has 4 rings (SSSR count). The molecule has 1 aliphatic heterocycles. The third kappa shape index (κ3) is 3.34. The number of piperidine rings is 1. The maximum absolute atomic E-state index is 5.84. The Morgan fingerprint density at radius 1 is 1.04 bits per heavy atom. The van der Waals surface area contributed by atoms with Gasteiger partial charge in [-0.05, 0) is 62.5 Å². The summed E-state index contributed by atoms with van der Waals surface area (Å²) in [5.41, 5.74) is 3.67. The summed E-state index contributed by atoms with van der Waals surface area (Å²) < 4.78 is 8.06. The molecular formula is C22H27N3O. The molecule has 26 heavy (non-hydrogen) atoms. The number of rotatable bonds is 5. The lowest BCUT2D eigenvalue weighted by molar-refractivity contribution is 0.197. The van der Waals surface area contributed by atoms with Crippen LogP contribution in [-0.4, -0.2) is 34.1 Å². The van der Waals surface area contributed by atoms with E-state index in [2.05, 4.69) is 72.0 Å². The molecule has 0 saturated carbocycles. The zero-order chi connectivity index (χ0) is 17.9. The first-order chi connectivity index (χ1) is 12.8. The van der Waals surface area contributed by atoms with Crippen LogP contribution in [0.2, 0.25) is 0 Å². The number of nitrogens with zero attached hydrogens (tertiary/aromatic N) is 3. The molecule has 4 nitrogen and oxygen atoms in total. The van der Waals surface area contributed by atoms with E-state index in [0.29, 0.717) is 5.92 Å². The molecule has 2 heterocycles. The maximum Gasteiger partial charge on any atom is 0.123 e. The van der Waals surface area contributed by atoms with Crippen LogP contribution in [-0.2, 0) is 13.6 Å². The van der Waals surface area contributed by atoms with Gasteiger partial charge in [-0.2, -0.15) is 0 Å². The van der Waals surface area contributed by atoms with E-state index in [9.17, 15) is 0 Å². The lowest BCUT2D eigenvalue weighted by atomic mass is 9.89. The van der Waals surface area contributed by atoms with Crippen molar-refractivity contribution in [2.75, 3.05) is 19.7 Å². The number of aromatic nitrogens is 2. The van der Waals surface area contributed by atoms with Crippen molar-refractivity contribution < 1.29 is 4.74 Å². The summed E-state index contributed by atoms with van der Waals surface area (Å²) in [6.07, 6.45) is 2.35. The molecule has 1 aliphatic rings. The van der Waals surface area contributed by atoms with Gasteiger partial charge in [-0.1, -0.05) is 30.3 Å². The van der Waals surface area contributed by atoms with Crippen molar-refractivity contribution in [1.29, 1.82) is 0 Å². The molecule has 0 N–H and O–H groups in total. The quantitative estimate of drug-likeness (QED) is 0.686. The van der Waals surface area contributed by atoms with Crippen LogP contribution in [0.25, 0.3) is 11.0 Å². The summed E-state index contributed by atoms with van der Waals surface area (Å²) in [6, 6.07) is 16.9. The van der Waals surface area contributed by atoms with Gasteiger partial charge in [0.2, 0.25) is 0 Å². The Balaban J connectivity index is 1.43. The van der Waals surface area contributed by atoms with E-state index >= 15 is 0 Å². The second-order valence-corrected chi connectivity index (χ2v) is 7.10. The van der Waals surface area contributed by atoms with Gasteiger partial charge in [0.25, 0.3) is 0 Å². The van der Waals surface area contributed by atoms with Crippen LogP contribution in [0.5, 0.6) is 5.75 Å². The van der Waals surface area contributed by atoms with E-state index in [1.165, 1.54) is 23.9 Å². The Kier molecular flexibility index (Phi) is 4.93. The fraction of sp³-hybridized carbons (Fsp3) is 0.409. The van der Waals surface area contributed by atoms with Crippen LogP contribution in [0.3, 0.4) is 0 Å². The molecule has 0 spiro atoms. The monoisotopic (exact) mass is 349 g/mol. The minimum atomic E-state index is 0.592. The van der Waals surface area contributed by atoms with Gasteiger partial charge < -0.3 is 9.30 Å². The van der Waals surface area contributed by atoms with Crippen LogP contribution in [0.1, 0.15) is 37.1 Å². The Morgan fingerprint density at radius 3 is 2.54 bits per heavy atom. The number of para-hydroxylation sites is 3. The van der Waals surface area contributed by atoms with Gasteiger partial charge in [0.15, 0.2) is 0 Å². The minimum Gasteiger partial charge on any atom is -0.494 e. The van der Waals surface area contributed by atoms with E-state index < -0.39 is 0 Å². The second kappa shape index (κ2) is 7.50. The number of ether oxygens (including phenoxy) is 1. The molecule has 1 aromatic heterocycles. The van der Waals surface area contributed by atoms with Crippen LogP contribution >= 0.6 is 0 Å².